The largest absolute Gasteiger partial charge is 0.455 e. The number of nitrogen functional groups attached to an aromatic ring is 1. The molecule has 8 heteroatoms. The number of hydrogen-bond donors (Lipinski definition) is 2. The summed E-state index contributed by atoms with van der Waals surface area (Å²) in [5.41, 5.74) is 10.1. The summed E-state index contributed by atoms with van der Waals surface area (Å²) in [6.07, 6.45) is 0. The molecule has 0 atom stereocenters. The number of carbonyl (C=O) groups excluding carboxylic acids is 1. The van der Waals surface area contributed by atoms with Crippen LogP contribution in [0.5, 0.6) is 0 Å². The third kappa shape index (κ3) is 4.66. The van der Waals surface area contributed by atoms with Crippen LogP contribution >= 0.6 is 0 Å². The predicted molar refractivity (Wildman–Crippen MR) is 107 cm³/mol. The molecule has 0 aliphatic heterocycles. The quantitative estimate of drug-likeness (QED) is 0.377. The molecule has 0 aliphatic carbocycles. The second-order valence-corrected chi connectivity index (χ2v) is 8.09. The first-order valence-electron chi connectivity index (χ1n) is 8.42. The molecule has 0 aliphatic rings. The molecule has 0 saturated heterocycles. The Hall–Kier alpha value is -3.39. The zero-order valence-electron chi connectivity index (χ0n) is 15.1. The number of amides is 1. The molecule has 1 aromatic heterocycles. The first-order chi connectivity index (χ1) is 13.3. The van der Waals surface area contributed by atoms with Gasteiger partial charge >= 0.3 is 5.91 Å². The molecule has 0 radical (unpaired) electrons. The number of benzene rings is 2. The highest BCUT2D eigenvalue weighted by molar-refractivity contribution is 7.90. The maximum Gasteiger partial charge on any atom is 0.307 e. The van der Waals surface area contributed by atoms with Crippen LogP contribution in [0.3, 0.4) is 0 Å². The monoisotopic (exact) mass is 397 g/mol. The molecular weight excluding hydrogens is 378 g/mol. The van der Waals surface area contributed by atoms with E-state index in [9.17, 15) is 13.2 Å². The van der Waals surface area contributed by atoms with Crippen LogP contribution in [0.1, 0.15) is 28.8 Å². The molecule has 0 spiro atoms. The maximum atomic E-state index is 12.4. The molecule has 7 nitrogen and oxygen atoms in total. The minimum atomic E-state index is -3.56. The Bertz CT molecular complexity index is 1120. The Labute approximate surface area is 162 Å². The molecule has 1 amide bonds. The van der Waals surface area contributed by atoms with Gasteiger partial charge in [0.05, 0.1) is 10.6 Å². The van der Waals surface area contributed by atoms with Crippen molar-refractivity contribution in [3.8, 4) is 0 Å². The van der Waals surface area contributed by atoms with Gasteiger partial charge in [0.2, 0.25) is 0 Å². The molecule has 3 N–H and O–H groups in total. The molecule has 3 rings (SSSR count). The smallest absolute Gasteiger partial charge is 0.307 e. The van der Waals surface area contributed by atoms with Gasteiger partial charge < -0.3 is 10.2 Å². The number of rotatable bonds is 6. The number of nitrogens with one attached hydrogen (secondary N) is 1. The lowest BCUT2D eigenvalue weighted by Gasteiger charge is -2.03. The fraction of sp³-hybridized carbons (Fsp3) is 0.100. The topological polar surface area (TPSA) is 115 Å². The first-order valence-corrected chi connectivity index (χ1v) is 10.1. The van der Waals surface area contributed by atoms with Crippen LogP contribution in [-0.2, 0) is 15.6 Å². The van der Waals surface area contributed by atoms with Crippen LogP contribution < -0.4 is 11.2 Å². The lowest BCUT2D eigenvalue weighted by atomic mass is 10.1. The first kappa shape index (κ1) is 19.4. The molecule has 3 aromatic rings. The average molecular weight is 397 g/mol. The highest BCUT2D eigenvalue weighted by Crippen LogP contribution is 2.18. The number of sulfone groups is 1. The Kier molecular flexibility index (Phi) is 5.60. The molecule has 28 heavy (non-hydrogen) atoms. The van der Waals surface area contributed by atoms with E-state index < -0.39 is 15.7 Å². The van der Waals surface area contributed by atoms with E-state index in [2.05, 4.69) is 10.5 Å². The Morgan fingerprint density at radius 2 is 1.82 bits per heavy atom. The van der Waals surface area contributed by atoms with E-state index in [1.807, 2.05) is 6.07 Å². The SMILES string of the molecule is C/C(=N/NC(=O)c1ccc(CS(=O)(=O)c2ccccc2)o1)c1cccc(N)c1. The van der Waals surface area contributed by atoms with Gasteiger partial charge in [-0.15, -0.1) is 0 Å². The molecule has 0 saturated carbocycles. The third-order valence-electron chi connectivity index (χ3n) is 3.95. The van der Waals surface area contributed by atoms with Crippen LogP contribution in [0.25, 0.3) is 0 Å². The number of anilines is 1. The summed E-state index contributed by atoms with van der Waals surface area (Å²) >= 11 is 0. The van der Waals surface area contributed by atoms with Gasteiger partial charge in [0, 0.05) is 5.69 Å². The van der Waals surface area contributed by atoms with Crippen molar-refractivity contribution in [1.29, 1.82) is 0 Å². The van der Waals surface area contributed by atoms with Crippen molar-refractivity contribution in [1.82, 2.24) is 5.43 Å². The molecule has 2 aromatic carbocycles. The zero-order chi connectivity index (χ0) is 20.1. The Balaban J connectivity index is 1.68. The molecule has 0 bridgehead atoms. The van der Waals surface area contributed by atoms with E-state index in [4.69, 9.17) is 10.2 Å². The predicted octanol–water partition coefficient (Wildman–Crippen LogP) is 2.99. The summed E-state index contributed by atoms with van der Waals surface area (Å²) in [6.45, 7) is 1.73. The van der Waals surface area contributed by atoms with Gasteiger partial charge in [0.25, 0.3) is 0 Å². The van der Waals surface area contributed by atoms with Crippen LogP contribution in [0.2, 0.25) is 0 Å². The van der Waals surface area contributed by atoms with Crippen LogP contribution in [0.4, 0.5) is 5.69 Å². The summed E-state index contributed by atoms with van der Waals surface area (Å²) in [5, 5.41) is 4.03. The Morgan fingerprint density at radius 1 is 1.07 bits per heavy atom. The number of furan rings is 1. The Morgan fingerprint density at radius 3 is 2.54 bits per heavy atom. The van der Waals surface area contributed by atoms with Crippen LogP contribution in [0, 0.1) is 0 Å². The molecule has 0 fully saturated rings. The van der Waals surface area contributed by atoms with E-state index in [0.717, 1.165) is 5.56 Å². The second kappa shape index (κ2) is 8.10. The van der Waals surface area contributed by atoms with Crippen molar-refractivity contribution in [3.05, 3.63) is 83.8 Å². The molecule has 144 valence electrons. The number of carbonyl (C=O) groups is 1. The van der Waals surface area contributed by atoms with Crippen molar-refractivity contribution in [3.63, 3.8) is 0 Å². The highest BCUT2D eigenvalue weighted by Gasteiger charge is 2.19. The van der Waals surface area contributed by atoms with Gasteiger partial charge in [-0.2, -0.15) is 5.10 Å². The van der Waals surface area contributed by atoms with Crippen molar-refractivity contribution in [2.75, 3.05) is 5.73 Å². The fourth-order valence-corrected chi connectivity index (χ4v) is 3.76. The minimum Gasteiger partial charge on any atom is -0.455 e. The normalized spacial score (nSPS) is 12.0. The van der Waals surface area contributed by atoms with E-state index in [1.165, 1.54) is 24.3 Å². The third-order valence-corrected chi connectivity index (χ3v) is 5.60. The highest BCUT2D eigenvalue weighted by atomic mass is 32.2. The zero-order valence-corrected chi connectivity index (χ0v) is 15.9. The van der Waals surface area contributed by atoms with Gasteiger partial charge in [-0.1, -0.05) is 30.3 Å². The van der Waals surface area contributed by atoms with Crippen molar-refractivity contribution in [2.45, 2.75) is 17.6 Å². The van der Waals surface area contributed by atoms with E-state index in [-0.39, 0.29) is 22.2 Å². The van der Waals surface area contributed by atoms with Crippen LogP contribution in [-0.4, -0.2) is 20.0 Å². The van der Waals surface area contributed by atoms with Crippen molar-refractivity contribution >= 4 is 27.1 Å². The fourth-order valence-electron chi connectivity index (χ4n) is 2.49. The van der Waals surface area contributed by atoms with Gasteiger partial charge in [-0.05, 0) is 48.9 Å². The van der Waals surface area contributed by atoms with Gasteiger partial charge in [0.1, 0.15) is 11.5 Å². The van der Waals surface area contributed by atoms with Crippen LogP contribution in [0.15, 0.2) is 81.1 Å². The van der Waals surface area contributed by atoms with E-state index in [0.29, 0.717) is 11.4 Å². The van der Waals surface area contributed by atoms with Gasteiger partial charge in [-0.25, -0.2) is 13.8 Å². The number of nitrogens with two attached hydrogens (primary N) is 1. The minimum absolute atomic E-state index is 0.0256. The van der Waals surface area contributed by atoms with Gasteiger partial charge in [-0.3, -0.25) is 4.79 Å². The number of hydrazone groups is 1. The lowest BCUT2D eigenvalue weighted by Crippen LogP contribution is -2.18. The summed E-state index contributed by atoms with van der Waals surface area (Å²) in [4.78, 5) is 12.4. The second-order valence-electron chi connectivity index (χ2n) is 6.10. The van der Waals surface area contributed by atoms with Gasteiger partial charge in [0.15, 0.2) is 15.6 Å². The van der Waals surface area contributed by atoms with Crippen molar-refractivity contribution < 1.29 is 17.6 Å². The number of nitrogens with zero attached hydrogens (tertiary/aromatic N) is 1. The van der Waals surface area contributed by atoms with Crippen molar-refractivity contribution in [2.24, 2.45) is 5.10 Å². The average Bonchev–Trinajstić information content (AvgIpc) is 3.14. The maximum absolute atomic E-state index is 12.4. The summed E-state index contributed by atoms with van der Waals surface area (Å²) < 4.78 is 30.2. The van der Waals surface area contributed by atoms with E-state index in [1.54, 1.807) is 43.3 Å². The standard InChI is InChI=1S/C20H19N3O4S/c1-14(15-6-5-7-16(21)12-15)22-23-20(24)19-11-10-17(27-19)13-28(25,26)18-8-3-2-4-9-18/h2-12H,13,21H2,1H3,(H,23,24)/b22-14-. The summed E-state index contributed by atoms with van der Waals surface area (Å²) in [6, 6.07) is 18.0. The lowest BCUT2D eigenvalue weighted by molar-refractivity contribution is 0.0925. The molecule has 0 unspecified atom stereocenters. The molecular formula is C20H19N3O4S. The molecule has 1 heterocycles. The number of hydrogen-bond acceptors (Lipinski definition) is 6. The summed E-state index contributed by atoms with van der Waals surface area (Å²) in [7, 11) is -3.56. The van der Waals surface area contributed by atoms with E-state index >= 15 is 0 Å². The summed E-state index contributed by atoms with van der Waals surface area (Å²) in [5.74, 6) is -0.768.